The minimum atomic E-state index is 0.196. The maximum absolute atomic E-state index is 6.04. The van der Waals surface area contributed by atoms with E-state index in [0.717, 1.165) is 18.7 Å². The third-order valence-corrected chi connectivity index (χ3v) is 3.12. The fourth-order valence-corrected chi connectivity index (χ4v) is 2.12. The van der Waals surface area contributed by atoms with Crippen molar-refractivity contribution in [1.82, 2.24) is 5.32 Å². The van der Waals surface area contributed by atoms with E-state index in [1.54, 1.807) is 0 Å². The second-order valence-corrected chi connectivity index (χ2v) is 4.66. The Hall–Kier alpha value is -1.02. The molecule has 0 fully saturated rings. The summed E-state index contributed by atoms with van der Waals surface area (Å²) in [5.41, 5.74) is 2.49. The first-order valence-electron chi connectivity index (χ1n) is 6.55. The fraction of sp³-hybridized carbons (Fsp3) is 0.600. The molecule has 1 N–H and O–H groups in total. The summed E-state index contributed by atoms with van der Waals surface area (Å²) in [6.45, 7) is 11.6. The third-order valence-electron chi connectivity index (χ3n) is 3.12. The van der Waals surface area contributed by atoms with E-state index in [1.807, 2.05) is 0 Å². The largest absolute Gasteiger partial charge is 0.489 e. The Morgan fingerprint density at radius 3 is 2.47 bits per heavy atom. The molecule has 0 spiro atoms. The zero-order chi connectivity index (χ0) is 12.8. The van der Waals surface area contributed by atoms with Gasteiger partial charge in [0.05, 0.1) is 0 Å². The number of likely N-dealkylation sites (N-methyl/N-ethyl adjacent to an activating group) is 1. The maximum atomic E-state index is 6.04. The summed E-state index contributed by atoms with van der Waals surface area (Å²) < 4.78 is 6.04. The van der Waals surface area contributed by atoms with Gasteiger partial charge in [0.25, 0.3) is 0 Å². The van der Waals surface area contributed by atoms with E-state index in [-0.39, 0.29) is 6.10 Å². The minimum Gasteiger partial charge on any atom is -0.489 e. The van der Waals surface area contributed by atoms with Crippen LogP contribution in [-0.2, 0) is 0 Å². The Labute approximate surface area is 105 Å². The predicted octanol–water partition coefficient (Wildman–Crippen LogP) is 3.46. The Bertz CT molecular complexity index is 349. The standard InChI is InChI=1S/C15H25NO/c1-6-14(16-7-2)13(5)17-15-9-8-11(3)10-12(15)4/h8-10,13-14,16H,6-7H2,1-5H3. The summed E-state index contributed by atoms with van der Waals surface area (Å²) in [6, 6.07) is 6.75. The topological polar surface area (TPSA) is 21.3 Å². The number of aryl methyl sites for hydroxylation is 2. The highest BCUT2D eigenvalue weighted by Gasteiger charge is 2.16. The van der Waals surface area contributed by atoms with Gasteiger partial charge >= 0.3 is 0 Å². The zero-order valence-corrected chi connectivity index (χ0v) is 11.7. The van der Waals surface area contributed by atoms with Crippen molar-refractivity contribution in [3.05, 3.63) is 29.3 Å². The third kappa shape index (κ3) is 4.04. The highest BCUT2D eigenvalue weighted by molar-refractivity contribution is 5.35. The first-order chi connectivity index (χ1) is 8.08. The van der Waals surface area contributed by atoms with Crippen LogP contribution in [0.5, 0.6) is 5.75 Å². The summed E-state index contributed by atoms with van der Waals surface area (Å²) in [5, 5.41) is 3.46. The molecule has 1 aromatic rings. The first-order valence-corrected chi connectivity index (χ1v) is 6.55. The number of hydrogen-bond donors (Lipinski definition) is 1. The number of hydrogen-bond acceptors (Lipinski definition) is 2. The number of ether oxygens (including phenoxy) is 1. The molecular formula is C15H25NO. The van der Waals surface area contributed by atoms with Crippen LogP contribution < -0.4 is 10.1 Å². The highest BCUT2D eigenvalue weighted by atomic mass is 16.5. The van der Waals surface area contributed by atoms with E-state index >= 15 is 0 Å². The molecule has 0 amide bonds. The van der Waals surface area contributed by atoms with Gasteiger partial charge < -0.3 is 10.1 Å². The average molecular weight is 235 g/mol. The van der Waals surface area contributed by atoms with Crippen LogP contribution >= 0.6 is 0 Å². The van der Waals surface area contributed by atoms with Crippen LogP contribution in [0.3, 0.4) is 0 Å². The van der Waals surface area contributed by atoms with E-state index in [1.165, 1.54) is 11.1 Å². The average Bonchev–Trinajstić information content (AvgIpc) is 2.29. The van der Waals surface area contributed by atoms with Gasteiger partial charge in [-0.15, -0.1) is 0 Å². The van der Waals surface area contributed by atoms with Crippen molar-refractivity contribution >= 4 is 0 Å². The molecule has 0 aliphatic rings. The molecule has 2 heteroatoms. The van der Waals surface area contributed by atoms with Crippen LogP contribution in [0.15, 0.2) is 18.2 Å². The summed E-state index contributed by atoms with van der Waals surface area (Å²) in [6.07, 6.45) is 1.28. The van der Waals surface area contributed by atoms with Gasteiger partial charge in [0, 0.05) is 6.04 Å². The van der Waals surface area contributed by atoms with Crippen LogP contribution in [0.25, 0.3) is 0 Å². The lowest BCUT2D eigenvalue weighted by Crippen LogP contribution is -2.40. The lowest BCUT2D eigenvalue weighted by atomic mass is 10.1. The van der Waals surface area contributed by atoms with Crippen LogP contribution in [0.1, 0.15) is 38.3 Å². The van der Waals surface area contributed by atoms with Crippen LogP contribution in [-0.4, -0.2) is 18.7 Å². The monoisotopic (exact) mass is 235 g/mol. The molecule has 0 aliphatic carbocycles. The fourth-order valence-electron chi connectivity index (χ4n) is 2.12. The molecule has 0 heterocycles. The molecule has 1 aromatic carbocycles. The van der Waals surface area contributed by atoms with Crippen molar-refractivity contribution in [1.29, 1.82) is 0 Å². The Balaban J connectivity index is 2.69. The van der Waals surface area contributed by atoms with Crippen molar-refractivity contribution in [2.75, 3.05) is 6.54 Å². The predicted molar refractivity (Wildman–Crippen MR) is 73.8 cm³/mol. The molecule has 0 saturated heterocycles. The quantitative estimate of drug-likeness (QED) is 0.815. The molecular weight excluding hydrogens is 210 g/mol. The molecule has 2 atom stereocenters. The Morgan fingerprint density at radius 1 is 1.24 bits per heavy atom. The number of nitrogens with one attached hydrogen (secondary N) is 1. The normalized spacial score (nSPS) is 14.4. The van der Waals surface area contributed by atoms with Gasteiger partial charge in [-0.05, 0) is 45.4 Å². The van der Waals surface area contributed by atoms with Crippen LogP contribution in [0, 0.1) is 13.8 Å². The van der Waals surface area contributed by atoms with Crippen LogP contribution in [0.2, 0.25) is 0 Å². The van der Waals surface area contributed by atoms with Gasteiger partial charge in [-0.1, -0.05) is 31.5 Å². The second kappa shape index (κ2) is 6.65. The highest BCUT2D eigenvalue weighted by Crippen LogP contribution is 2.21. The summed E-state index contributed by atoms with van der Waals surface area (Å²) in [4.78, 5) is 0. The number of benzene rings is 1. The van der Waals surface area contributed by atoms with Crippen molar-refractivity contribution in [3.8, 4) is 5.75 Å². The molecule has 96 valence electrons. The van der Waals surface area contributed by atoms with Crippen molar-refractivity contribution in [2.24, 2.45) is 0 Å². The molecule has 0 aliphatic heterocycles. The molecule has 0 aromatic heterocycles. The van der Waals surface area contributed by atoms with Gasteiger partial charge in [0.15, 0.2) is 0 Å². The SMILES string of the molecule is CCNC(CC)C(C)Oc1ccc(C)cc1C. The summed E-state index contributed by atoms with van der Waals surface area (Å²) >= 11 is 0. The Kier molecular flexibility index (Phi) is 5.49. The molecule has 2 nitrogen and oxygen atoms in total. The lowest BCUT2D eigenvalue weighted by molar-refractivity contribution is 0.167. The Morgan fingerprint density at radius 2 is 1.94 bits per heavy atom. The van der Waals surface area contributed by atoms with Gasteiger partial charge in [0.2, 0.25) is 0 Å². The van der Waals surface area contributed by atoms with E-state index in [0.29, 0.717) is 6.04 Å². The van der Waals surface area contributed by atoms with E-state index in [4.69, 9.17) is 4.74 Å². The first kappa shape index (κ1) is 14.0. The molecule has 1 rings (SSSR count). The van der Waals surface area contributed by atoms with Gasteiger partial charge in [-0.25, -0.2) is 0 Å². The molecule has 0 saturated carbocycles. The molecule has 0 bridgehead atoms. The van der Waals surface area contributed by atoms with Crippen molar-refractivity contribution in [3.63, 3.8) is 0 Å². The smallest absolute Gasteiger partial charge is 0.122 e. The van der Waals surface area contributed by atoms with Crippen molar-refractivity contribution in [2.45, 2.75) is 53.2 Å². The van der Waals surface area contributed by atoms with Gasteiger partial charge in [-0.2, -0.15) is 0 Å². The van der Waals surface area contributed by atoms with Gasteiger partial charge in [-0.3, -0.25) is 0 Å². The molecule has 2 unspecified atom stereocenters. The maximum Gasteiger partial charge on any atom is 0.122 e. The second-order valence-electron chi connectivity index (χ2n) is 4.66. The lowest BCUT2D eigenvalue weighted by Gasteiger charge is -2.25. The van der Waals surface area contributed by atoms with Crippen molar-refractivity contribution < 1.29 is 4.74 Å². The van der Waals surface area contributed by atoms with Gasteiger partial charge in [0.1, 0.15) is 11.9 Å². The summed E-state index contributed by atoms with van der Waals surface area (Å²) in [7, 11) is 0. The number of rotatable bonds is 6. The van der Waals surface area contributed by atoms with E-state index in [2.05, 4.69) is 58.1 Å². The van der Waals surface area contributed by atoms with E-state index < -0.39 is 0 Å². The minimum absolute atomic E-state index is 0.196. The zero-order valence-electron chi connectivity index (χ0n) is 11.7. The summed E-state index contributed by atoms with van der Waals surface area (Å²) in [5.74, 6) is 0.999. The molecule has 17 heavy (non-hydrogen) atoms. The molecule has 0 radical (unpaired) electrons. The van der Waals surface area contributed by atoms with Crippen LogP contribution in [0.4, 0.5) is 0 Å². The van der Waals surface area contributed by atoms with E-state index in [9.17, 15) is 0 Å².